The predicted molar refractivity (Wildman–Crippen MR) is 153 cm³/mol. The summed E-state index contributed by atoms with van der Waals surface area (Å²) in [4.78, 5) is 31.5. The molecule has 0 aliphatic carbocycles. The molecule has 0 radical (unpaired) electrons. The number of carbonyl (C=O) groups excluding carboxylic acids is 1. The van der Waals surface area contributed by atoms with Crippen LogP contribution < -0.4 is 24.8 Å². The van der Waals surface area contributed by atoms with E-state index >= 15 is 0 Å². The highest BCUT2D eigenvalue weighted by molar-refractivity contribution is 6.06. The molecule has 3 heterocycles. The van der Waals surface area contributed by atoms with Crippen molar-refractivity contribution >= 4 is 34.9 Å². The molecule has 1 fully saturated rings. The summed E-state index contributed by atoms with van der Waals surface area (Å²) < 4.78 is 5.72. The number of nitrogens with one attached hydrogen (secondary N) is 1. The fourth-order valence-corrected chi connectivity index (χ4v) is 5.27. The van der Waals surface area contributed by atoms with Crippen molar-refractivity contribution in [2.24, 2.45) is 0 Å². The molecular weight excluding hydrogens is 478 g/mol. The lowest BCUT2D eigenvalue weighted by Crippen LogP contribution is -2.51. The first-order valence-corrected chi connectivity index (χ1v) is 13.2. The maximum Gasteiger partial charge on any atom is 0.330 e. The van der Waals surface area contributed by atoms with Crippen molar-refractivity contribution in [3.63, 3.8) is 0 Å². The molecular formula is C29H37N7O2. The van der Waals surface area contributed by atoms with Gasteiger partial charge in [0.2, 0.25) is 5.95 Å². The van der Waals surface area contributed by atoms with Gasteiger partial charge >= 0.3 is 6.03 Å². The zero-order valence-corrected chi connectivity index (χ0v) is 23.2. The van der Waals surface area contributed by atoms with Crippen LogP contribution in [0.25, 0.3) is 0 Å². The summed E-state index contributed by atoms with van der Waals surface area (Å²) in [6.07, 6.45) is 1.82. The Kier molecular flexibility index (Phi) is 7.12. The number of likely N-dealkylation sites (N-methyl/N-ethyl adjacent to an activating group) is 1. The van der Waals surface area contributed by atoms with E-state index in [1.807, 2.05) is 63.1 Å². The minimum absolute atomic E-state index is 0.0754. The number of aromatic nitrogens is 2. The Morgan fingerprint density at radius 2 is 1.74 bits per heavy atom. The highest BCUT2D eigenvalue weighted by Gasteiger charge is 2.35. The number of urea groups is 1. The molecule has 3 aromatic rings. The quantitative estimate of drug-likeness (QED) is 0.498. The van der Waals surface area contributed by atoms with Crippen LogP contribution in [0.15, 0.2) is 42.6 Å². The molecule has 2 aliphatic rings. The lowest BCUT2D eigenvalue weighted by molar-refractivity contribution is 0.248. The molecule has 0 unspecified atom stereocenters. The Morgan fingerprint density at radius 3 is 2.39 bits per heavy atom. The van der Waals surface area contributed by atoms with Crippen LogP contribution in [0.2, 0.25) is 0 Å². The van der Waals surface area contributed by atoms with Crippen LogP contribution >= 0.6 is 0 Å². The monoisotopic (exact) mass is 515 g/mol. The Morgan fingerprint density at radius 1 is 1.03 bits per heavy atom. The molecule has 5 rings (SSSR count). The molecule has 2 aliphatic heterocycles. The number of aryl methyl sites for hydroxylation is 2. The largest absolute Gasteiger partial charge is 0.494 e. The average Bonchev–Trinajstić information content (AvgIpc) is 2.89. The fourth-order valence-electron chi connectivity index (χ4n) is 5.27. The van der Waals surface area contributed by atoms with Gasteiger partial charge in [-0.05, 0) is 58.0 Å². The van der Waals surface area contributed by atoms with Gasteiger partial charge in [0, 0.05) is 55.7 Å². The number of benzene rings is 2. The summed E-state index contributed by atoms with van der Waals surface area (Å²) in [6.45, 7) is 12.6. The Hall–Kier alpha value is -3.85. The van der Waals surface area contributed by atoms with Gasteiger partial charge in [-0.1, -0.05) is 18.2 Å². The SMILES string of the molecule is COc1cc(N2CCN(C)CC2)ccc1Nc1ncc2c(n1)N(C(C)C)C(=O)N(c1c(C)cccc1C)C2. The smallest absolute Gasteiger partial charge is 0.330 e. The lowest BCUT2D eigenvalue weighted by atomic mass is 10.1. The van der Waals surface area contributed by atoms with Gasteiger partial charge in [-0.3, -0.25) is 9.80 Å². The van der Waals surface area contributed by atoms with E-state index in [1.54, 1.807) is 12.0 Å². The van der Waals surface area contributed by atoms with Crippen molar-refractivity contribution in [3.8, 4) is 5.75 Å². The first-order valence-electron chi connectivity index (χ1n) is 13.2. The van der Waals surface area contributed by atoms with Crippen LogP contribution in [-0.2, 0) is 6.54 Å². The summed E-state index contributed by atoms with van der Waals surface area (Å²) in [5, 5.41) is 3.32. The van der Waals surface area contributed by atoms with Crippen molar-refractivity contribution in [1.29, 1.82) is 0 Å². The Labute approximate surface area is 225 Å². The Bertz CT molecular complexity index is 1310. The van der Waals surface area contributed by atoms with E-state index in [4.69, 9.17) is 9.72 Å². The fraction of sp³-hybridized carbons (Fsp3) is 0.414. The van der Waals surface area contributed by atoms with E-state index < -0.39 is 0 Å². The number of hydrogen-bond donors (Lipinski definition) is 1. The third-order valence-electron chi connectivity index (χ3n) is 7.36. The van der Waals surface area contributed by atoms with E-state index in [2.05, 4.69) is 39.3 Å². The van der Waals surface area contributed by atoms with Gasteiger partial charge in [-0.15, -0.1) is 0 Å². The summed E-state index contributed by atoms with van der Waals surface area (Å²) in [7, 11) is 3.82. The normalized spacial score (nSPS) is 16.2. The standard InChI is InChI=1S/C29H37N7O2/c1-19(2)36-27-22(18-35(29(36)37)26-20(3)8-7-9-21(26)4)17-30-28(32-27)31-24-11-10-23(16-25(24)38-6)34-14-12-33(5)13-15-34/h7-11,16-17,19H,12-15,18H2,1-6H3,(H,30,31,32). The van der Waals surface area contributed by atoms with Crippen LogP contribution in [0, 0.1) is 13.8 Å². The minimum Gasteiger partial charge on any atom is -0.494 e. The van der Waals surface area contributed by atoms with Gasteiger partial charge in [0.1, 0.15) is 11.6 Å². The van der Waals surface area contributed by atoms with Gasteiger partial charge in [0.05, 0.1) is 25.0 Å². The van der Waals surface area contributed by atoms with Crippen LogP contribution in [-0.4, -0.2) is 67.3 Å². The summed E-state index contributed by atoms with van der Waals surface area (Å²) in [5.41, 5.74) is 5.90. The number of ether oxygens (including phenoxy) is 1. The maximum atomic E-state index is 13.8. The molecule has 38 heavy (non-hydrogen) atoms. The van der Waals surface area contributed by atoms with Gasteiger partial charge in [0.25, 0.3) is 0 Å². The molecule has 9 heteroatoms. The summed E-state index contributed by atoms with van der Waals surface area (Å²) >= 11 is 0. The van der Waals surface area contributed by atoms with E-state index in [-0.39, 0.29) is 12.1 Å². The number of rotatable bonds is 6. The number of nitrogens with zero attached hydrogens (tertiary/aromatic N) is 6. The van der Waals surface area contributed by atoms with Crippen LogP contribution in [0.5, 0.6) is 5.75 Å². The number of methoxy groups -OCH3 is 1. The first kappa shape index (κ1) is 25.8. The molecule has 2 aromatic carbocycles. The topological polar surface area (TPSA) is 77.1 Å². The molecule has 0 saturated carbocycles. The average molecular weight is 516 g/mol. The van der Waals surface area contributed by atoms with E-state index in [1.165, 1.54) is 0 Å². The van der Waals surface area contributed by atoms with Gasteiger partial charge in [-0.25, -0.2) is 9.78 Å². The third-order valence-corrected chi connectivity index (χ3v) is 7.36. The lowest BCUT2D eigenvalue weighted by Gasteiger charge is -2.39. The number of fused-ring (bicyclic) bond motifs is 1. The highest BCUT2D eigenvalue weighted by Crippen LogP contribution is 2.36. The molecule has 2 amide bonds. The number of piperazine rings is 1. The number of carbonyl (C=O) groups is 1. The Balaban J connectivity index is 1.43. The molecule has 9 nitrogen and oxygen atoms in total. The van der Waals surface area contributed by atoms with Crippen molar-refractivity contribution in [2.45, 2.75) is 40.3 Å². The minimum atomic E-state index is -0.0799. The zero-order valence-electron chi connectivity index (χ0n) is 23.2. The van der Waals surface area contributed by atoms with Crippen molar-refractivity contribution in [1.82, 2.24) is 14.9 Å². The summed E-state index contributed by atoms with van der Waals surface area (Å²) in [6, 6.07) is 12.1. The van der Waals surface area contributed by atoms with Gasteiger partial charge < -0.3 is 19.9 Å². The second-order valence-corrected chi connectivity index (χ2v) is 10.4. The molecule has 1 aromatic heterocycles. The summed E-state index contributed by atoms with van der Waals surface area (Å²) in [5.74, 6) is 1.78. The van der Waals surface area contributed by atoms with Gasteiger partial charge in [-0.2, -0.15) is 4.98 Å². The number of anilines is 5. The molecule has 0 bridgehead atoms. The molecule has 200 valence electrons. The number of para-hydroxylation sites is 1. The highest BCUT2D eigenvalue weighted by atomic mass is 16.5. The number of hydrogen-bond acceptors (Lipinski definition) is 7. The molecule has 0 atom stereocenters. The first-order chi connectivity index (χ1) is 18.3. The van der Waals surface area contributed by atoms with E-state index in [0.717, 1.165) is 65.7 Å². The maximum absolute atomic E-state index is 13.8. The van der Waals surface area contributed by atoms with Crippen molar-refractivity contribution in [3.05, 3.63) is 59.3 Å². The van der Waals surface area contributed by atoms with E-state index in [0.29, 0.717) is 18.3 Å². The van der Waals surface area contributed by atoms with E-state index in [9.17, 15) is 4.79 Å². The second kappa shape index (κ2) is 10.5. The van der Waals surface area contributed by atoms with Crippen LogP contribution in [0.1, 0.15) is 30.5 Å². The predicted octanol–water partition coefficient (Wildman–Crippen LogP) is 4.95. The molecule has 1 saturated heterocycles. The number of amides is 2. The molecule has 1 N–H and O–H groups in total. The zero-order chi connectivity index (χ0) is 27.0. The van der Waals surface area contributed by atoms with Gasteiger partial charge in [0.15, 0.2) is 0 Å². The van der Waals surface area contributed by atoms with Crippen molar-refractivity contribution < 1.29 is 9.53 Å². The third kappa shape index (κ3) is 4.86. The van der Waals surface area contributed by atoms with Crippen LogP contribution in [0.3, 0.4) is 0 Å². The second-order valence-electron chi connectivity index (χ2n) is 10.4. The van der Waals surface area contributed by atoms with Crippen LogP contribution in [0.4, 0.5) is 33.6 Å². The van der Waals surface area contributed by atoms with Crippen molar-refractivity contribution in [2.75, 3.05) is 60.4 Å². The molecule has 0 spiro atoms.